The summed E-state index contributed by atoms with van der Waals surface area (Å²) in [7, 11) is 0. The highest BCUT2D eigenvalue weighted by Gasteiger charge is 2.23. The summed E-state index contributed by atoms with van der Waals surface area (Å²) in [5.74, 6) is -2.25. The zero-order chi connectivity index (χ0) is 13.3. The molecule has 0 aliphatic heterocycles. The van der Waals surface area contributed by atoms with Gasteiger partial charge in [0, 0.05) is 12.1 Å². The van der Waals surface area contributed by atoms with Gasteiger partial charge in [0.15, 0.2) is 0 Å². The van der Waals surface area contributed by atoms with Gasteiger partial charge in [-0.1, -0.05) is 12.2 Å². The number of hydrogen-bond acceptors (Lipinski definition) is 2. The molecule has 3 N–H and O–H groups in total. The van der Waals surface area contributed by atoms with Crippen LogP contribution in [0.15, 0.2) is 28.8 Å². The van der Waals surface area contributed by atoms with Gasteiger partial charge in [-0.2, -0.15) is 0 Å². The van der Waals surface area contributed by atoms with E-state index >= 15 is 0 Å². The molecule has 0 saturated heterocycles. The van der Waals surface area contributed by atoms with Gasteiger partial charge in [0.1, 0.15) is 11.6 Å². The minimum absolute atomic E-state index is 0.0536. The Hall–Kier alpha value is -1.27. The number of hydrogen-bond donors (Lipinski definition) is 2. The topological polar surface area (TPSA) is 55.1 Å². The van der Waals surface area contributed by atoms with Crippen molar-refractivity contribution in [3.8, 4) is 0 Å². The van der Waals surface area contributed by atoms with E-state index < -0.39 is 11.6 Å². The van der Waals surface area contributed by atoms with Gasteiger partial charge in [-0.3, -0.25) is 4.79 Å². The van der Waals surface area contributed by atoms with Crippen LogP contribution < -0.4 is 11.1 Å². The lowest BCUT2D eigenvalue weighted by Crippen LogP contribution is -2.24. The first kappa shape index (κ1) is 13.2. The molecular weight excluding hydrogens is 306 g/mol. The van der Waals surface area contributed by atoms with Gasteiger partial charge in [-0.25, -0.2) is 8.78 Å². The second-order valence-electron chi connectivity index (χ2n) is 4.13. The molecular formula is C12H11BrF2N2O. The molecule has 0 aromatic heterocycles. The first-order chi connectivity index (χ1) is 8.47. The molecule has 0 fully saturated rings. The second kappa shape index (κ2) is 5.16. The molecule has 1 aromatic rings. The van der Waals surface area contributed by atoms with Gasteiger partial charge in [0.25, 0.3) is 0 Å². The highest BCUT2D eigenvalue weighted by molar-refractivity contribution is 9.10. The van der Waals surface area contributed by atoms with Crippen molar-refractivity contribution in [1.29, 1.82) is 0 Å². The largest absolute Gasteiger partial charge is 0.324 e. The first-order valence-electron chi connectivity index (χ1n) is 5.36. The molecule has 0 bridgehead atoms. The Kier molecular flexibility index (Phi) is 3.77. The quantitative estimate of drug-likeness (QED) is 0.651. The van der Waals surface area contributed by atoms with Crippen LogP contribution in [0.1, 0.15) is 6.42 Å². The molecule has 2 atom stereocenters. The highest BCUT2D eigenvalue weighted by Crippen LogP contribution is 2.25. The van der Waals surface area contributed by atoms with Crippen LogP contribution in [0, 0.1) is 17.6 Å². The number of halogens is 3. The third kappa shape index (κ3) is 2.76. The number of rotatable bonds is 2. The molecule has 3 nitrogen and oxygen atoms in total. The predicted octanol–water partition coefficient (Wildman–Crippen LogP) is 2.57. The summed E-state index contributed by atoms with van der Waals surface area (Å²) in [6.07, 6.45) is 3.92. The van der Waals surface area contributed by atoms with E-state index in [0.717, 1.165) is 6.07 Å². The number of nitrogens with two attached hydrogens (primary N) is 1. The number of benzene rings is 1. The maximum Gasteiger partial charge on any atom is 0.231 e. The third-order valence-electron chi connectivity index (χ3n) is 2.72. The fraction of sp³-hybridized carbons (Fsp3) is 0.250. The Morgan fingerprint density at radius 3 is 2.67 bits per heavy atom. The van der Waals surface area contributed by atoms with Gasteiger partial charge in [0.05, 0.1) is 16.1 Å². The summed E-state index contributed by atoms with van der Waals surface area (Å²) in [4.78, 5) is 11.8. The average Bonchev–Trinajstić information content (AvgIpc) is 2.73. The molecule has 6 heteroatoms. The fourth-order valence-electron chi connectivity index (χ4n) is 1.77. The van der Waals surface area contributed by atoms with Crippen molar-refractivity contribution >= 4 is 27.5 Å². The SMILES string of the molecule is NC1C=CC(C(=O)Nc2cc(Br)c(F)cc2F)C1. The average molecular weight is 317 g/mol. The summed E-state index contributed by atoms with van der Waals surface area (Å²) < 4.78 is 26.6. The minimum atomic E-state index is -0.810. The van der Waals surface area contributed by atoms with Gasteiger partial charge in [-0.05, 0) is 28.4 Å². The lowest BCUT2D eigenvalue weighted by molar-refractivity contribution is -0.118. The third-order valence-corrected chi connectivity index (χ3v) is 3.33. The molecule has 1 amide bonds. The lowest BCUT2D eigenvalue weighted by Gasteiger charge is -2.11. The molecule has 18 heavy (non-hydrogen) atoms. The van der Waals surface area contributed by atoms with Gasteiger partial charge in [0.2, 0.25) is 5.91 Å². The molecule has 1 aliphatic rings. The first-order valence-corrected chi connectivity index (χ1v) is 6.16. The molecule has 0 heterocycles. The number of carbonyl (C=O) groups excluding carboxylic acids is 1. The van der Waals surface area contributed by atoms with Gasteiger partial charge < -0.3 is 11.1 Å². The van der Waals surface area contributed by atoms with Crippen LogP contribution in [0.25, 0.3) is 0 Å². The Balaban J connectivity index is 2.12. The maximum atomic E-state index is 13.4. The van der Waals surface area contributed by atoms with Gasteiger partial charge >= 0.3 is 0 Å². The van der Waals surface area contributed by atoms with Crippen LogP contribution in [-0.2, 0) is 4.79 Å². The molecule has 96 valence electrons. The lowest BCUT2D eigenvalue weighted by atomic mass is 10.1. The van der Waals surface area contributed by atoms with E-state index in [2.05, 4.69) is 21.2 Å². The van der Waals surface area contributed by atoms with Crippen molar-refractivity contribution in [2.75, 3.05) is 5.32 Å². The minimum Gasteiger partial charge on any atom is -0.324 e. The fourth-order valence-corrected chi connectivity index (χ4v) is 2.11. The molecule has 0 saturated carbocycles. The van der Waals surface area contributed by atoms with E-state index in [-0.39, 0.29) is 28.0 Å². The van der Waals surface area contributed by atoms with Crippen molar-refractivity contribution in [3.63, 3.8) is 0 Å². The molecule has 2 unspecified atom stereocenters. The summed E-state index contributed by atoms with van der Waals surface area (Å²) in [6.45, 7) is 0. The van der Waals surface area contributed by atoms with Crippen LogP contribution >= 0.6 is 15.9 Å². The summed E-state index contributed by atoms with van der Waals surface area (Å²) in [5, 5.41) is 2.42. The molecule has 0 spiro atoms. The number of carbonyl (C=O) groups is 1. The van der Waals surface area contributed by atoms with E-state index in [1.807, 2.05) is 0 Å². The van der Waals surface area contributed by atoms with Crippen LogP contribution in [-0.4, -0.2) is 11.9 Å². The molecule has 2 rings (SSSR count). The zero-order valence-electron chi connectivity index (χ0n) is 9.29. The number of amides is 1. The van der Waals surface area contributed by atoms with Crippen molar-refractivity contribution in [1.82, 2.24) is 0 Å². The molecule has 1 aliphatic carbocycles. The Bertz CT molecular complexity index is 519. The highest BCUT2D eigenvalue weighted by atomic mass is 79.9. The predicted molar refractivity (Wildman–Crippen MR) is 67.9 cm³/mol. The molecule has 1 aromatic carbocycles. The summed E-state index contributed by atoms with van der Waals surface area (Å²) in [6, 6.07) is 1.77. The Morgan fingerprint density at radius 2 is 2.06 bits per heavy atom. The van der Waals surface area contributed by atoms with E-state index in [1.165, 1.54) is 6.07 Å². The maximum absolute atomic E-state index is 13.4. The van der Waals surface area contributed by atoms with Crippen molar-refractivity contribution in [2.24, 2.45) is 11.7 Å². The van der Waals surface area contributed by atoms with Crippen molar-refractivity contribution in [2.45, 2.75) is 12.5 Å². The zero-order valence-corrected chi connectivity index (χ0v) is 10.9. The van der Waals surface area contributed by atoms with E-state index in [9.17, 15) is 13.6 Å². The molecule has 0 radical (unpaired) electrons. The monoisotopic (exact) mass is 316 g/mol. The van der Waals surface area contributed by atoms with Crippen molar-refractivity contribution in [3.05, 3.63) is 40.4 Å². The van der Waals surface area contributed by atoms with E-state index in [1.54, 1.807) is 12.2 Å². The van der Waals surface area contributed by atoms with Gasteiger partial charge in [-0.15, -0.1) is 0 Å². The van der Waals surface area contributed by atoms with Crippen molar-refractivity contribution < 1.29 is 13.6 Å². The van der Waals surface area contributed by atoms with Crippen LogP contribution in [0.3, 0.4) is 0 Å². The normalized spacial score (nSPS) is 22.2. The Morgan fingerprint density at radius 1 is 1.33 bits per heavy atom. The van der Waals surface area contributed by atoms with E-state index in [0.29, 0.717) is 6.42 Å². The second-order valence-corrected chi connectivity index (χ2v) is 4.98. The van der Waals surface area contributed by atoms with Crippen LogP contribution in [0.2, 0.25) is 0 Å². The van der Waals surface area contributed by atoms with Crippen LogP contribution in [0.5, 0.6) is 0 Å². The summed E-state index contributed by atoms with van der Waals surface area (Å²) >= 11 is 2.94. The van der Waals surface area contributed by atoms with Crippen LogP contribution in [0.4, 0.5) is 14.5 Å². The number of nitrogens with one attached hydrogen (secondary N) is 1. The smallest absolute Gasteiger partial charge is 0.231 e. The standard InChI is InChI=1S/C12H11BrF2N2O/c13-8-4-11(10(15)5-9(8)14)17-12(18)6-1-2-7(16)3-6/h1-2,4-7H,3,16H2,(H,17,18). The number of anilines is 1. The Labute approximate surface area is 111 Å². The van der Waals surface area contributed by atoms with E-state index in [4.69, 9.17) is 5.73 Å². The summed E-state index contributed by atoms with van der Waals surface area (Å²) in [5.41, 5.74) is 5.58.